The van der Waals surface area contributed by atoms with Crippen molar-refractivity contribution in [2.24, 2.45) is 0 Å². The van der Waals surface area contributed by atoms with E-state index in [9.17, 15) is 13.2 Å². The zero-order chi connectivity index (χ0) is 22.5. The van der Waals surface area contributed by atoms with Crippen molar-refractivity contribution in [2.75, 3.05) is 23.7 Å². The number of sulfonamides is 1. The first-order chi connectivity index (χ1) is 14.0. The average molecular weight is 433 g/mol. The highest BCUT2D eigenvalue weighted by Gasteiger charge is 2.29. The molecule has 0 fully saturated rings. The maximum absolute atomic E-state index is 12.7. The summed E-state index contributed by atoms with van der Waals surface area (Å²) in [4.78, 5) is 12.7. The second-order valence-electron chi connectivity index (χ2n) is 7.84. The number of carbonyl (C=O) groups excluding carboxylic acids is 1. The van der Waals surface area contributed by atoms with Crippen LogP contribution in [0, 0.1) is 13.8 Å². The second kappa shape index (κ2) is 9.98. The third kappa shape index (κ3) is 5.98. The maximum Gasteiger partial charge on any atom is 0.243 e. The Balaban J connectivity index is 2.03. The predicted molar refractivity (Wildman–Crippen MR) is 122 cm³/mol. The standard InChI is InChI=1S/C23H32N2O4S/c1-16(2)21-9-7-8-10-22(21)29-14-13-24-23(26)19(5)25(30(6,27)28)20-12-11-17(3)18(4)15-20/h7-12,15-16,19H,13-14H2,1-6H3,(H,24,26)/t19-/m0/s1. The molecule has 0 saturated heterocycles. The summed E-state index contributed by atoms with van der Waals surface area (Å²) in [6.07, 6.45) is 1.11. The van der Waals surface area contributed by atoms with Crippen LogP contribution in [-0.2, 0) is 14.8 Å². The van der Waals surface area contributed by atoms with Crippen LogP contribution in [0.25, 0.3) is 0 Å². The first-order valence-electron chi connectivity index (χ1n) is 10.1. The number of anilines is 1. The molecule has 30 heavy (non-hydrogen) atoms. The Kier molecular flexibility index (Phi) is 7.89. The first-order valence-corrected chi connectivity index (χ1v) is 11.9. The van der Waals surface area contributed by atoms with Gasteiger partial charge in [0.15, 0.2) is 0 Å². The normalized spacial score (nSPS) is 12.5. The van der Waals surface area contributed by atoms with E-state index in [2.05, 4.69) is 19.2 Å². The summed E-state index contributed by atoms with van der Waals surface area (Å²) in [5, 5.41) is 2.78. The minimum Gasteiger partial charge on any atom is -0.491 e. The van der Waals surface area contributed by atoms with Gasteiger partial charge in [-0.05, 0) is 61.6 Å². The van der Waals surface area contributed by atoms with Crippen molar-refractivity contribution >= 4 is 21.6 Å². The van der Waals surface area contributed by atoms with Gasteiger partial charge in [-0.1, -0.05) is 38.1 Å². The van der Waals surface area contributed by atoms with E-state index in [1.165, 1.54) is 0 Å². The SMILES string of the molecule is Cc1ccc(N([C@@H](C)C(=O)NCCOc2ccccc2C(C)C)S(C)(=O)=O)cc1C. The Bertz CT molecular complexity index is 986. The Hall–Kier alpha value is -2.54. The number of hydrogen-bond donors (Lipinski definition) is 1. The predicted octanol–water partition coefficient (Wildman–Crippen LogP) is 3.78. The molecule has 0 saturated carbocycles. The van der Waals surface area contributed by atoms with Gasteiger partial charge in [0.25, 0.3) is 0 Å². The van der Waals surface area contributed by atoms with E-state index < -0.39 is 16.1 Å². The minimum absolute atomic E-state index is 0.278. The Morgan fingerprint density at radius 3 is 2.33 bits per heavy atom. The van der Waals surface area contributed by atoms with Crippen molar-refractivity contribution in [3.05, 3.63) is 59.2 Å². The highest BCUT2D eigenvalue weighted by Crippen LogP contribution is 2.26. The summed E-state index contributed by atoms with van der Waals surface area (Å²) < 4.78 is 31.8. The van der Waals surface area contributed by atoms with E-state index in [-0.39, 0.29) is 12.5 Å². The lowest BCUT2D eigenvalue weighted by Crippen LogP contribution is -2.48. The molecule has 1 N–H and O–H groups in total. The second-order valence-corrected chi connectivity index (χ2v) is 9.69. The van der Waals surface area contributed by atoms with Gasteiger partial charge in [0, 0.05) is 0 Å². The van der Waals surface area contributed by atoms with Crippen LogP contribution in [0.3, 0.4) is 0 Å². The number of rotatable bonds is 9. The molecule has 164 valence electrons. The Morgan fingerprint density at radius 1 is 1.07 bits per heavy atom. The average Bonchev–Trinajstić information content (AvgIpc) is 2.67. The number of ether oxygens (including phenoxy) is 1. The Labute approximate surface area is 180 Å². The van der Waals surface area contributed by atoms with E-state index in [0.29, 0.717) is 18.2 Å². The summed E-state index contributed by atoms with van der Waals surface area (Å²) >= 11 is 0. The van der Waals surface area contributed by atoms with Crippen LogP contribution < -0.4 is 14.4 Å². The molecule has 6 nitrogen and oxygen atoms in total. The topological polar surface area (TPSA) is 75.7 Å². The highest BCUT2D eigenvalue weighted by molar-refractivity contribution is 7.92. The van der Waals surface area contributed by atoms with Crippen molar-refractivity contribution in [1.82, 2.24) is 5.32 Å². The molecule has 7 heteroatoms. The fraction of sp³-hybridized carbons (Fsp3) is 0.435. The molecule has 0 aliphatic heterocycles. The molecule has 2 rings (SSSR count). The minimum atomic E-state index is -3.64. The summed E-state index contributed by atoms with van der Waals surface area (Å²) in [6.45, 7) is 10.2. The number of amides is 1. The van der Waals surface area contributed by atoms with Gasteiger partial charge in [0.05, 0.1) is 18.5 Å². The number of aryl methyl sites for hydroxylation is 2. The van der Waals surface area contributed by atoms with Gasteiger partial charge in [-0.3, -0.25) is 9.10 Å². The molecule has 2 aromatic rings. The van der Waals surface area contributed by atoms with E-state index >= 15 is 0 Å². The molecule has 0 aromatic heterocycles. The summed E-state index contributed by atoms with van der Waals surface area (Å²) in [6, 6.07) is 12.3. The summed E-state index contributed by atoms with van der Waals surface area (Å²) in [7, 11) is -3.64. The van der Waals surface area contributed by atoms with Crippen LogP contribution in [-0.4, -0.2) is 39.8 Å². The lowest BCUT2D eigenvalue weighted by Gasteiger charge is -2.28. The third-order valence-electron chi connectivity index (χ3n) is 5.03. The third-order valence-corrected chi connectivity index (χ3v) is 6.27. The van der Waals surface area contributed by atoms with Gasteiger partial charge in [-0.25, -0.2) is 8.42 Å². The lowest BCUT2D eigenvalue weighted by molar-refractivity contribution is -0.121. The van der Waals surface area contributed by atoms with Crippen molar-refractivity contribution < 1.29 is 17.9 Å². The van der Waals surface area contributed by atoms with E-state index in [1.54, 1.807) is 19.1 Å². The molecule has 0 heterocycles. The number of hydrogen-bond acceptors (Lipinski definition) is 4. The van der Waals surface area contributed by atoms with E-state index in [1.807, 2.05) is 44.2 Å². The number of benzene rings is 2. The number of nitrogens with zero attached hydrogens (tertiary/aromatic N) is 1. The van der Waals surface area contributed by atoms with Crippen molar-refractivity contribution in [3.8, 4) is 5.75 Å². The lowest BCUT2D eigenvalue weighted by atomic mass is 10.0. The fourth-order valence-electron chi connectivity index (χ4n) is 3.24. The van der Waals surface area contributed by atoms with Gasteiger partial charge in [-0.15, -0.1) is 0 Å². The van der Waals surface area contributed by atoms with Crippen molar-refractivity contribution in [2.45, 2.75) is 46.6 Å². The smallest absolute Gasteiger partial charge is 0.243 e. The fourth-order valence-corrected chi connectivity index (χ4v) is 4.41. The van der Waals surface area contributed by atoms with Gasteiger partial charge in [0.2, 0.25) is 15.9 Å². The zero-order valence-corrected chi connectivity index (χ0v) is 19.4. The highest BCUT2D eigenvalue weighted by atomic mass is 32.2. The van der Waals surface area contributed by atoms with Crippen LogP contribution in [0.15, 0.2) is 42.5 Å². The molecule has 1 atom stereocenters. The van der Waals surface area contributed by atoms with Gasteiger partial charge in [-0.2, -0.15) is 0 Å². The molecule has 0 aliphatic carbocycles. The van der Waals surface area contributed by atoms with Crippen LogP contribution in [0.2, 0.25) is 0 Å². The van der Waals surface area contributed by atoms with E-state index in [4.69, 9.17) is 4.74 Å². The van der Waals surface area contributed by atoms with Crippen LogP contribution >= 0.6 is 0 Å². The largest absolute Gasteiger partial charge is 0.491 e. The van der Waals surface area contributed by atoms with Crippen LogP contribution in [0.1, 0.15) is 43.4 Å². The Morgan fingerprint density at radius 2 is 1.73 bits per heavy atom. The quantitative estimate of drug-likeness (QED) is 0.612. The monoisotopic (exact) mass is 432 g/mol. The number of para-hydroxylation sites is 1. The maximum atomic E-state index is 12.7. The summed E-state index contributed by atoms with van der Waals surface area (Å²) in [5.41, 5.74) is 3.61. The zero-order valence-electron chi connectivity index (χ0n) is 18.6. The molecule has 0 radical (unpaired) electrons. The molecular weight excluding hydrogens is 400 g/mol. The molecule has 0 unspecified atom stereocenters. The molecule has 1 amide bonds. The van der Waals surface area contributed by atoms with Gasteiger partial charge < -0.3 is 10.1 Å². The molecule has 0 bridgehead atoms. The number of carbonyl (C=O) groups is 1. The van der Waals surface area contributed by atoms with Gasteiger partial charge >= 0.3 is 0 Å². The van der Waals surface area contributed by atoms with Crippen LogP contribution in [0.4, 0.5) is 5.69 Å². The van der Waals surface area contributed by atoms with Crippen molar-refractivity contribution in [1.29, 1.82) is 0 Å². The molecule has 2 aromatic carbocycles. The molecule has 0 spiro atoms. The molecular formula is C23H32N2O4S. The first kappa shape index (κ1) is 23.7. The van der Waals surface area contributed by atoms with Crippen molar-refractivity contribution in [3.63, 3.8) is 0 Å². The summed E-state index contributed by atoms with van der Waals surface area (Å²) in [5.74, 6) is 0.749. The molecule has 0 aliphatic rings. The number of nitrogens with one attached hydrogen (secondary N) is 1. The van der Waals surface area contributed by atoms with Crippen LogP contribution in [0.5, 0.6) is 5.75 Å². The van der Waals surface area contributed by atoms with E-state index in [0.717, 1.165) is 33.0 Å². The van der Waals surface area contributed by atoms with Gasteiger partial charge in [0.1, 0.15) is 18.4 Å².